The monoisotopic (exact) mass is 635 g/mol. The van der Waals surface area contributed by atoms with Crippen LogP contribution in [0, 0.1) is 0 Å². The first-order valence-corrected chi connectivity index (χ1v) is 16.9. The molecule has 0 aliphatic heterocycles. The summed E-state index contributed by atoms with van der Waals surface area (Å²) in [6.45, 7) is 0. The van der Waals surface area contributed by atoms with Gasteiger partial charge in [-0.1, -0.05) is 139 Å². The average Bonchev–Trinajstić information content (AvgIpc) is 3.69. The Kier molecular flexibility index (Phi) is 5.05. The van der Waals surface area contributed by atoms with Gasteiger partial charge in [-0.15, -0.1) is 11.3 Å². The molecule has 218 valence electrons. The summed E-state index contributed by atoms with van der Waals surface area (Å²) < 4.78 is 4.79. The van der Waals surface area contributed by atoms with Gasteiger partial charge in [0.1, 0.15) is 0 Å². The highest BCUT2D eigenvalue weighted by atomic mass is 35.5. The van der Waals surface area contributed by atoms with E-state index >= 15 is 0 Å². The zero-order valence-electron chi connectivity index (χ0n) is 24.8. The molecule has 0 bridgehead atoms. The fourth-order valence-electron chi connectivity index (χ4n) is 7.90. The Morgan fingerprint density at radius 3 is 1.72 bits per heavy atom. The molecule has 5 heteroatoms. The van der Waals surface area contributed by atoms with E-state index in [9.17, 15) is 0 Å². The van der Waals surface area contributed by atoms with Gasteiger partial charge in [-0.2, -0.15) is 0 Å². The quantitative estimate of drug-likeness (QED) is 0.168. The van der Waals surface area contributed by atoms with E-state index < -0.39 is 0 Å². The Bertz CT molecular complexity index is 3150. The molecule has 0 spiro atoms. The first-order chi connectivity index (χ1) is 23.3. The first-order valence-electron chi connectivity index (χ1n) is 15.7. The molecule has 0 saturated carbocycles. The lowest BCUT2D eigenvalue weighted by atomic mass is 9.98. The third-order valence-electron chi connectivity index (χ3n) is 9.84. The van der Waals surface area contributed by atoms with Gasteiger partial charge in [0.05, 0.1) is 26.8 Å². The van der Waals surface area contributed by atoms with Gasteiger partial charge < -0.3 is 0 Å². The van der Waals surface area contributed by atoms with Crippen molar-refractivity contribution in [2.45, 2.75) is 0 Å². The van der Waals surface area contributed by atoms with E-state index in [0.717, 1.165) is 43.6 Å². The van der Waals surface area contributed by atoms with Crippen molar-refractivity contribution in [1.29, 1.82) is 0 Å². The maximum Gasteiger partial charge on any atom is 0.176 e. The molecular formula is C42H22ClN3S. The van der Waals surface area contributed by atoms with Crippen molar-refractivity contribution in [3.05, 3.63) is 139 Å². The van der Waals surface area contributed by atoms with Crippen molar-refractivity contribution in [2.24, 2.45) is 0 Å². The van der Waals surface area contributed by atoms with Crippen LogP contribution in [0.25, 0.3) is 102 Å². The second-order valence-corrected chi connectivity index (χ2v) is 13.6. The number of nitrogens with zero attached hydrogens (tertiary/aromatic N) is 3. The normalized spacial score (nSPS) is 12.4. The van der Waals surface area contributed by atoms with Gasteiger partial charge >= 0.3 is 0 Å². The molecule has 0 aliphatic carbocycles. The van der Waals surface area contributed by atoms with Gasteiger partial charge in [0.2, 0.25) is 0 Å². The number of aromatic nitrogens is 3. The van der Waals surface area contributed by atoms with E-state index in [0.29, 0.717) is 11.0 Å². The fraction of sp³-hybridized carbons (Fsp3) is 0. The summed E-state index contributed by atoms with van der Waals surface area (Å²) in [5.41, 5.74) is 3.84. The zero-order valence-corrected chi connectivity index (χ0v) is 26.4. The first kappa shape index (κ1) is 25.6. The summed E-state index contributed by atoms with van der Waals surface area (Å²) in [6.07, 6.45) is 0. The molecule has 11 rings (SSSR count). The Hall–Kier alpha value is -5.55. The molecule has 0 aliphatic rings. The van der Waals surface area contributed by atoms with Crippen LogP contribution in [0.1, 0.15) is 0 Å². The highest BCUT2D eigenvalue weighted by Crippen LogP contribution is 2.49. The number of benzene rings is 8. The SMILES string of the molecule is Clc1nc2c3ccccc3c3ccccc3c2nc1-n1c2ccccc2c2c3ccccc3c3c4ccc5ccccc5c4sc3c21. The fourth-order valence-corrected chi connectivity index (χ4v) is 9.50. The van der Waals surface area contributed by atoms with E-state index in [2.05, 4.69) is 138 Å². The molecule has 0 amide bonds. The zero-order chi connectivity index (χ0) is 30.8. The molecule has 0 saturated heterocycles. The van der Waals surface area contributed by atoms with Crippen LogP contribution in [0.4, 0.5) is 0 Å². The summed E-state index contributed by atoms with van der Waals surface area (Å²) in [6, 6.07) is 47.5. The molecule has 8 aromatic carbocycles. The summed E-state index contributed by atoms with van der Waals surface area (Å²) in [5, 5.41) is 14.7. The Morgan fingerprint density at radius 2 is 1.00 bits per heavy atom. The molecule has 3 nitrogen and oxygen atoms in total. The van der Waals surface area contributed by atoms with Gasteiger partial charge in [-0.05, 0) is 38.4 Å². The standard InChI is InChI=1S/C42H22ClN3S/c43-41-42(45-37-30-18-8-4-14-26(30)25-13-3-7-17-29(25)36(37)44-41)46-33-20-10-9-19-31(33)34-27-15-5-6-16-28(27)35-32-22-21-23-11-1-2-12-24(23)39(32)47-40(35)38(34)46/h1-22H. The molecule has 0 N–H and O–H groups in total. The number of halogens is 1. The predicted octanol–water partition coefficient (Wildman–Crippen LogP) is 12.4. The van der Waals surface area contributed by atoms with E-state index in [4.69, 9.17) is 21.6 Å². The molecule has 3 aromatic heterocycles. The van der Waals surface area contributed by atoms with Crippen molar-refractivity contribution in [3.63, 3.8) is 0 Å². The predicted molar refractivity (Wildman–Crippen MR) is 202 cm³/mol. The maximum absolute atomic E-state index is 7.28. The summed E-state index contributed by atoms with van der Waals surface area (Å²) in [4.78, 5) is 10.6. The number of hydrogen-bond donors (Lipinski definition) is 0. The van der Waals surface area contributed by atoms with E-state index in [-0.39, 0.29) is 0 Å². The summed E-state index contributed by atoms with van der Waals surface area (Å²) >= 11 is 9.14. The molecule has 0 unspecified atom stereocenters. The van der Waals surface area contributed by atoms with Crippen LogP contribution < -0.4 is 0 Å². The molecular weight excluding hydrogens is 614 g/mol. The van der Waals surface area contributed by atoms with Crippen molar-refractivity contribution in [1.82, 2.24) is 14.5 Å². The van der Waals surface area contributed by atoms with Gasteiger partial charge in [-0.25, -0.2) is 9.97 Å². The van der Waals surface area contributed by atoms with E-state index in [1.54, 1.807) is 0 Å². The van der Waals surface area contributed by atoms with Crippen LogP contribution in [0.2, 0.25) is 5.15 Å². The van der Waals surface area contributed by atoms with Gasteiger partial charge in [-0.3, -0.25) is 4.57 Å². The number of hydrogen-bond acceptors (Lipinski definition) is 3. The Labute approximate surface area is 276 Å². The minimum absolute atomic E-state index is 0.383. The van der Waals surface area contributed by atoms with Crippen LogP contribution in [-0.2, 0) is 0 Å². The van der Waals surface area contributed by atoms with Gasteiger partial charge in [0, 0.05) is 37.0 Å². The van der Waals surface area contributed by atoms with Crippen LogP contribution in [0.5, 0.6) is 0 Å². The van der Waals surface area contributed by atoms with E-state index in [1.807, 2.05) is 11.3 Å². The van der Waals surface area contributed by atoms with Crippen LogP contribution in [0.15, 0.2) is 133 Å². The number of thiophene rings is 1. The molecule has 11 aromatic rings. The number of rotatable bonds is 1. The van der Waals surface area contributed by atoms with Crippen LogP contribution in [-0.4, -0.2) is 14.5 Å². The second-order valence-electron chi connectivity index (χ2n) is 12.2. The Morgan fingerprint density at radius 1 is 0.447 bits per heavy atom. The second kappa shape index (κ2) is 9.26. The van der Waals surface area contributed by atoms with Crippen molar-refractivity contribution >= 4 is 119 Å². The van der Waals surface area contributed by atoms with E-state index in [1.165, 1.54) is 52.5 Å². The maximum atomic E-state index is 7.28. The lowest BCUT2D eigenvalue weighted by Crippen LogP contribution is -2.02. The van der Waals surface area contributed by atoms with Crippen molar-refractivity contribution in [3.8, 4) is 5.82 Å². The lowest BCUT2D eigenvalue weighted by molar-refractivity contribution is 1.08. The van der Waals surface area contributed by atoms with Crippen molar-refractivity contribution in [2.75, 3.05) is 0 Å². The third-order valence-corrected chi connectivity index (χ3v) is 11.3. The number of para-hydroxylation sites is 1. The highest BCUT2D eigenvalue weighted by Gasteiger charge is 2.25. The minimum atomic E-state index is 0.383. The van der Waals surface area contributed by atoms with Crippen LogP contribution in [0.3, 0.4) is 0 Å². The third kappa shape index (κ3) is 3.31. The Balaban J connectivity index is 1.40. The highest BCUT2D eigenvalue weighted by molar-refractivity contribution is 7.27. The molecule has 0 atom stereocenters. The smallest absolute Gasteiger partial charge is 0.176 e. The minimum Gasteiger partial charge on any atom is -0.290 e. The molecule has 3 heterocycles. The largest absolute Gasteiger partial charge is 0.290 e. The molecule has 47 heavy (non-hydrogen) atoms. The topological polar surface area (TPSA) is 30.7 Å². The van der Waals surface area contributed by atoms with Crippen molar-refractivity contribution < 1.29 is 0 Å². The van der Waals surface area contributed by atoms with Gasteiger partial charge in [0.15, 0.2) is 11.0 Å². The number of fused-ring (bicyclic) bond motifs is 18. The van der Waals surface area contributed by atoms with Gasteiger partial charge in [0.25, 0.3) is 0 Å². The lowest BCUT2D eigenvalue weighted by Gasteiger charge is -2.14. The van der Waals surface area contributed by atoms with Crippen LogP contribution >= 0.6 is 22.9 Å². The molecule has 0 radical (unpaired) electrons. The summed E-state index contributed by atoms with van der Waals surface area (Å²) in [5.74, 6) is 0.643. The molecule has 0 fully saturated rings. The average molecular weight is 636 g/mol. The summed E-state index contributed by atoms with van der Waals surface area (Å²) in [7, 11) is 0.